The average Bonchev–Trinajstić information content (AvgIpc) is 2.87. The van der Waals surface area contributed by atoms with Crippen molar-refractivity contribution in [1.29, 1.82) is 0 Å². The number of para-hydroxylation sites is 2. The van der Waals surface area contributed by atoms with Crippen LogP contribution in [-0.2, 0) is 18.4 Å². The molecular formula is C17H16N4O5. The number of aryl methyl sites for hydroxylation is 1. The maximum absolute atomic E-state index is 12.4. The number of rotatable bonds is 5. The molecule has 2 aromatic carbocycles. The maximum Gasteiger partial charge on any atom is 0.329 e. The standard InChI is InChI=1S/C17H16N4O5/c1-19-13-5-3-4-6-14(13)20(17(19)23)10-16(22)18-12-9-11(21(24)25)7-8-15(12)26-2/h3-9H,10H2,1-2H3,(H,18,22). The molecule has 3 rings (SSSR count). The molecule has 1 amide bonds. The van der Waals surface area contributed by atoms with Gasteiger partial charge in [-0.05, 0) is 18.2 Å². The van der Waals surface area contributed by atoms with E-state index in [0.717, 1.165) is 0 Å². The number of benzene rings is 2. The summed E-state index contributed by atoms with van der Waals surface area (Å²) in [6.45, 7) is -0.230. The van der Waals surface area contributed by atoms with Crippen LogP contribution >= 0.6 is 0 Å². The molecule has 3 aromatic rings. The highest BCUT2D eigenvalue weighted by Crippen LogP contribution is 2.28. The van der Waals surface area contributed by atoms with Crippen LogP contribution in [0, 0.1) is 10.1 Å². The number of hydrogen-bond donors (Lipinski definition) is 1. The summed E-state index contributed by atoms with van der Waals surface area (Å²) in [5.74, 6) is -0.212. The van der Waals surface area contributed by atoms with E-state index in [1.807, 2.05) is 0 Å². The first kappa shape index (κ1) is 17.2. The van der Waals surface area contributed by atoms with Crippen molar-refractivity contribution in [3.63, 3.8) is 0 Å². The van der Waals surface area contributed by atoms with Crippen LogP contribution in [0.3, 0.4) is 0 Å². The van der Waals surface area contributed by atoms with Crippen molar-refractivity contribution in [3.05, 3.63) is 63.1 Å². The Morgan fingerprint density at radius 3 is 2.58 bits per heavy atom. The third-order valence-corrected chi connectivity index (χ3v) is 4.02. The summed E-state index contributed by atoms with van der Waals surface area (Å²) in [6.07, 6.45) is 0. The molecular weight excluding hydrogens is 340 g/mol. The van der Waals surface area contributed by atoms with Gasteiger partial charge in [-0.1, -0.05) is 12.1 Å². The van der Waals surface area contributed by atoms with E-state index in [4.69, 9.17) is 4.74 Å². The zero-order valence-corrected chi connectivity index (χ0v) is 14.1. The van der Waals surface area contributed by atoms with Crippen LogP contribution in [0.4, 0.5) is 11.4 Å². The second-order valence-corrected chi connectivity index (χ2v) is 5.61. The predicted octanol–water partition coefficient (Wildman–Crippen LogP) is 1.90. The van der Waals surface area contributed by atoms with Gasteiger partial charge in [0, 0.05) is 19.2 Å². The molecule has 9 nitrogen and oxygen atoms in total. The lowest BCUT2D eigenvalue weighted by atomic mass is 10.2. The average molecular weight is 356 g/mol. The number of amides is 1. The molecule has 134 valence electrons. The minimum atomic E-state index is -0.565. The highest BCUT2D eigenvalue weighted by atomic mass is 16.6. The van der Waals surface area contributed by atoms with Gasteiger partial charge in [-0.25, -0.2) is 4.79 Å². The Balaban J connectivity index is 1.91. The quantitative estimate of drug-likeness (QED) is 0.555. The molecule has 0 atom stereocenters. The van der Waals surface area contributed by atoms with Crippen LogP contribution in [-0.4, -0.2) is 27.1 Å². The van der Waals surface area contributed by atoms with Crippen molar-refractivity contribution in [2.24, 2.45) is 7.05 Å². The number of ether oxygens (including phenoxy) is 1. The van der Waals surface area contributed by atoms with E-state index in [1.54, 1.807) is 31.3 Å². The summed E-state index contributed by atoms with van der Waals surface area (Å²) in [5, 5.41) is 13.5. The number of methoxy groups -OCH3 is 1. The minimum absolute atomic E-state index is 0.167. The Bertz CT molecular complexity index is 1070. The zero-order valence-electron chi connectivity index (χ0n) is 14.1. The van der Waals surface area contributed by atoms with Gasteiger partial charge in [-0.2, -0.15) is 0 Å². The Morgan fingerprint density at radius 2 is 1.92 bits per heavy atom. The number of nitro groups is 1. The van der Waals surface area contributed by atoms with Crippen molar-refractivity contribution < 1.29 is 14.5 Å². The van der Waals surface area contributed by atoms with E-state index in [1.165, 1.54) is 34.4 Å². The topological polar surface area (TPSA) is 108 Å². The summed E-state index contributed by atoms with van der Waals surface area (Å²) in [6, 6.07) is 11.0. The van der Waals surface area contributed by atoms with E-state index < -0.39 is 10.8 Å². The van der Waals surface area contributed by atoms with Gasteiger partial charge in [0.15, 0.2) is 0 Å². The van der Waals surface area contributed by atoms with Crippen LogP contribution < -0.4 is 15.7 Å². The van der Waals surface area contributed by atoms with Gasteiger partial charge >= 0.3 is 5.69 Å². The Labute approximate surface area is 147 Å². The van der Waals surface area contributed by atoms with Gasteiger partial charge < -0.3 is 10.1 Å². The van der Waals surface area contributed by atoms with Crippen molar-refractivity contribution >= 4 is 28.3 Å². The third-order valence-electron chi connectivity index (χ3n) is 4.02. The molecule has 26 heavy (non-hydrogen) atoms. The smallest absolute Gasteiger partial charge is 0.329 e. The van der Waals surface area contributed by atoms with Gasteiger partial charge in [-0.3, -0.25) is 24.0 Å². The molecule has 0 saturated carbocycles. The number of carbonyl (C=O) groups excluding carboxylic acids is 1. The molecule has 0 aliphatic carbocycles. The number of nitrogens with zero attached hydrogens (tertiary/aromatic N) is 3. The van der Waals surface area contributed by atoms with E-state index >= 15 is 0 Å². The molecule has 0 saturated heterocycles. The van der Waals surface area contributed by atoms with Gasteiger partial charge in [0.2, 0.25) is 5.91 Å². The van der Waals surface area contributed by atoms with Crippen molar-refractivity contribution in [2.45, 2.75) is 6.54 Å². The number of hydrogen-bond acceptors (Lipinski definition) is 5. The number of imidazole rings is 1. The molecule has 0 spiro atoms. The lowest BCUT2D eigenvalue weighted by Crippen LogP contribution is -2.28. The summed E-state index contributed by atoms with van der Waals surface area (Å²) >= 11 is 0. The lowest BCUT2D eigenvalue weighted by molar-refractivity contribution is -0.384. The number of anilines is 1. The van der Waals surface area contributed by atoms with E-state index in [-0.39, 0.29) is 29.4 Å². The van der Waals surface area contributed by atoms with Gasteiger partial charge in [0.05, 0.1) is 28.8 Å². The fraction of sp³-hybridized carbons (Fsp3) is 0.176. The molecule has 0 unspecified atom stereocenters. The molecule has 1 N–H and O–H groups in total. The number of non-ortho nitro benzene ring substituents is 1. The van der Waals surface area contributed by atoms with Crippen LogP contribution in [0.15, 0.2) is 47.3 Å². The largest absolute Gasteiger partial charge is 0.495 e. The number of nitro benzene ring substituents is 1. The van der Waals surface area contributed by atoms with Gasteiger partial charge in [-0.15, -0.1) is 0 Å². The molecule has 1 aromatic heterocycles. The minimum Gasteiger partial charge on any atom is -0.495 e. The van der Waals surface area contributed by atoms with Crippen molar-refractivity contribution in [2.75, 3.05) is 12.4 Å². The van der Waals surface area contributed by atoms with Gasteiger partial charge in [0.1, 0.15) is 12.3 Å². The molecule has 9 heteroatoms. The molecule has 0 bridgehead atoms. The number of aromatic nitrogens is 2. The zero-order chi connectivity index (χ0) is 18.8. The van der Waals surface area contributed by atoms with Crippen LogP contribution in [0.2, 0.25) is 0 Å². The first-order valence-corrected chi connectivity index (χ1v) is 7.69. The fourth-order valence-corrected chi connectivity index (χ4v) is 2.76. The lowest BCUT2D eigenvalue weighted by Gasteiger charge is -2.10. The normalized spacial score (nSPS) is 10.7. The van der Waals surface area contributed by atoms with E-state index in [2.05, 4.69) is 5.32 Å². The van der Waals surface area contributed by atoms with Crippen molar-refractivity contribution in [3.8, 4) is 5.75 Å². The van der Waals surface area contributed by atoms with Gasteiger partial charge in [0.25, 0.3) is 5.69 Å². The Morgan fingerprint density at radius 1 is 1.23 bits per heavy atom. The number of nitrogens with one attached hydrogen (secondary N) is 1. The molecule has 0 aliphatic heterocycles. The third kappa shape index (κ3) is 3.02. The first-order valence-electron chi connectivity index (χ1n) is 7.69. The SMILES string of the molecule is COc1ccc([N+](=O)[O-])cc1NC(=O)Cn1c(=O)n(C)c2ccccc21. The highest BCUT2D eigenvalue weighted by Gasteiger charge is 2.16. The summed E-state index contributed by atoms with van der Waals surface area (Å²) in [5.41, 5.74) is 0.996. The van der Waals surface area contributed by atoms with Crippen LogP contribution in [0.25, 0.3) is 11.0 Å². The molecule has 1 heterocycles. The number of carbonyl (C=O) groups is 1. The van der Waals surface area contributed by atoms with Crippen LogP contribution in [0.5, 0.6) is 5.75 Å². The van der Waals surface area contributed by atoms with Crippen LogP contribution in [0.1, 0.15) is 0 Å². The van der Waals surface area contributed by atoms with E-state index in [9.17, 15) is 19.7 Å². The highest BCUT2D eigenvalue weighted by molar-refractivity contribution is 5.93. The number of fused-ring (bicyclic) bond motifs is 1. The second-order valence-electron chi connectivity index (χ2n) is 5.61. The summed E-state index contributed by atoms with van der Waals surface area (Å²) in [4.78, 5) is 35.2. The Hall–Kier alpha value is -3.62. The molecule has 0 fully saturated rings. The fourth-order valence-electron chi connectivity index (χ4n) is 2.76. The molecule has 0 aliphatic rings. The first-order chi connectivity index (χ1) is 12.4. The summed E-state index contributed by atoms with van der Waals surface area (Å²) < 4.78 is 7.92. The monoisotopic (exact) mass is 356 g/mol. The molecule has 0 radical (unpaired) electrons. The second kappa shape index (κ2) is 6.71. The van der Waals surface area contributed by atoms with Crippen molar-refractivity contribution in [1.82, 2.24) is 9.13 Å². The maximum atomic E-state index is 12.4. The predicted molar refractivity (Wildman–Crippen MR) is 95.5 cm³/mol. The van der Waals surface area contributed by atoms with E-state index in [0.29, 0.717) is 11.0 Å². The Kier molecular flexibility index (Phi) is 4.44. The summed E-state index contributed by atoms with van der Waals surface area (Å²) in [7, 11) is 3.02.